The zero-order valence-electron chi connectivity index (χ0n) is 10.9. The highest BCUT2D eigenvalue weighted by atomic mass is 35.6. The molecule has 0 spiro atoms. The predicted molar refractivity (Wildman–Crippen MR) is 81.9 cm³/mol. The van der Waals surface area contributed by atoms with E-state index in [2.05, 4.69) is 44.2 Å². The Labute approximate surface area is 115 Å². The number of hydrogen-bond acceptors (Lipinski definition) is 1. The molecule has 0 radical (unpaired) electrons. The Morgan fingerprint density at radius 2 is 1.61 bits per heavy atom. The number of aromatic nitrogens is 1. The molecule has 0 bridgehead atoms. The largest absolute Gasteiger partial charge is 0.256 e. The highest BCUT2D eigenvalue weighted by Crippen LogP contribution is 2.21. The van der Waals surface area contributed by atoms with Gasteiger partial charge in [0.1, 0.15) is 0 Å². The zero-order chi connectivity index (χ0) is 13.0. The fraction of sp³-hybridized carbons (Fsp3) is 0.267. The van der Waals surface area contributed by atoms with Gasteiger partial charge < -0.3 is 0 Å². The number of nitrogens with zero attached hydrogens (tertiary/aromatic N) is 1. The molecule has 1 aromatic carbocycles. The van der Waals surface area contributed by atoms with Crippen molar-refractivity contribution in [3.8, 4) is 11.3 Å². The van der Waals surface area contributed by atoms with Crippen LogP contribution in [0.25, 0.3) is 11.3 Å². The summed E-state index contributed by atoms with van der Waals surface area (Å²) in [4.78, 5) is 4.79. The summed E-state index contributed by atoms with van der Waals surface area (Å²) >= 11 is 6.77. The fourth-order valence-corrected chi connectivity index (χ4v) is 4.32. The maximum absolute atomic E-state index is 6.77. The van der Waals surface area contributed by atoms with Crippen molar-refractivity contribution in [3.63, 3.8) is 0 Å². The summed E-state index contributed by atoms with van der Waals surface area (Å²) in [5.41, 5.74) is 2.17. The predicted octanol–water partition coefficient (Wildman–Crippen LogP) is 4.18. The maximum atomic E-state index is 6.77. The lowest BCUT2D eigenvalue weighted by molar-refractivity contribution is 1.27. The highest BCUT2D eigenvalue weighted by molar-refractivity contribution is 7.27. The molecular formula is C15H18ClNSi. The normalized spacial score (nSPS) is 11.5. The van der Waals surface area contributed by atoms with Gasteiger partial charge in [0.15, 0.2) is 0 Å². The Hall–Kier alpha value is -1.12. The molecule has 0 aliphatic heterocycles. The molecule has 3 heteroatoms. The molecule has 0 aliphatic rings. The molecule has 0 fully saturated rings. The standard InChI is InChI=1S/C15H18ClNSi/c1-3-18(16,4-2)15-12-8-11-14(17-15)13-9-6-5-7-10-13/h5-12H,3-4H2,1-2H3. The van der Waals surface area contributed by atoms with Gasteiger partial charge in [0.2, 0.25) is 7.38 Å². The van der Waals surface area contributed by atoms with Gasteiger partial charge in [0.05, 0.1) is 5.69 Å². The van der Waals surface area contributed by atoms with E-state index in [1.54, 1.807) is 0 Å². The zero-order valence-corrected chi connectivity index (χ0v) is 12.6. The van der Waals surface area contributed by atoms with Gasteiger partial charge >= 0.3 is 0 Å². The SMILES string of the molecule is CC[Si](Cl)(CC)c1cccc(-c2ccccc2)n1. The van der Waals surface area contributed by atoms with Crippen LogP contribution in [0.2, 0.25) is 12.1 Å². The Balaban J connectivity index is 2.43. The Morgan fingerprint density at radius 3 is 2.22 bits per heavy atom. The fourth-order valence-electron chi connectivity index (χ4n) is 2.07. The highest BCUT2D eigenvalue weighted by Gasteiger charge is 2.30. The maximum Gasteiger partial charge on any atom is 0.207 e. The molecular weight excluding hydrogens is 258 g/mol. The lowest BCUT2D eigenvalue weighted by Crippen LogP contribution is -2.42. The summed E-state index contributed by atoms with van der Waals surface area (Å²) < 4.78 is 0. The van der Waals surface area contributed by atoms with Crippen molar-refractivity contribution in [2.45, 2.75) is 25.9 Å². The van der Waals surface area contributed by atoms with E-state index < -0.39 is 7.38 Å². The van der Waals surface area contributed by atoms with Crippen molar-refractivity contribution < 1.29 is 0 Å². The minimum Gasteiger partial charge on any atom is -0.256 e. The third-order valence-electron chi connectivity index (χ3n) is 3.40. The number of halogens is 1. The summed E-state index contributed by atoms with van der Waals surface area (Å²) in [5, 5.41) is 1.11. The average molecular weight is 276 g/mol. The van der Waals surface area contributed by atoms with Crippen LogP contribution >= 0.6 is 11.1 Å². The van der Waals surface area contributed by atoms with Crippen LogP contribution in [0.5, 0.6) is 0 Å². The van der Waals surface area contributed by atoms with Crippen molar-refractivity contribution in [1.82, 2.24) is 4.98 Å². The van der Waals surface area contributed by atoms with Crippen LogP contribution in [-0.2, 0) is 0 Å². The summed E-state index contributed by atoms with van der Waals surface area (Å²) in [5.74, 6) is 0. The molecule has 0 saturated carbocycles. The molecule has 1 nitrogen and oxygen atoms in total. The third-order valence-corrected chi connectivity index (χ3v) is 9.02. The number of benzene rings is 1. The van der Waals surface area contributed by atoms with Gasteiger partial charge in [-0.25, -0.2) is 0 Å². The Kier molecular flexibility index (Phi) is 4.20. The van der Waals surface area contributed by atoms with Crippen LogP contribution in [0.3, 0.4) is 0 Å². The molecule has 2 rings (SSSR count). The first kappa shape index (κ1) is 13.3. The first-order valence-corrected chi connectivity index (χ1v) is 9.84. The van der Waals surface area contributed by atoms with E-state index in [0.717, 1.165) is 28.7 Å². The first-order valence-electron chi connectivity index (χ1n) is 6.41. The molecule has 94 valence electrons. The lowest BCUT2D eigenvalue weighted by atomic mass is 10.1. The second kappa shape index (κ2) is 5.68. The van der Waals surface area contributed by atoms with Crippen molar-refractivity contribution in [3.05, 3.63) is 48.5 Å². The molecule has 0 unspecified atom stereocenters. The van der Waals surface area contributed by atoms with Crippen LogP contribution in [0.4, 0.5) is 0 Å². The quantitative estimate of drug-likeness (QED) is 0.603. The summed E-state index contributed by atoms with van der Waals surface area (Å²) in [6, 6.07) is 18.5. The van der Waals surface area contributed by atoms with Crippen molar-refractivity contribution in [2.75, 3.05) is 0 Å². The first-order chi connectivity index (χ1) is 8.69. The van der Waals surface area contributed by atoms with Crippen LogP contribution < -0.4 is 5.32 Å². The summed E-state index contributed by atoms with van der Waals surface area (Å²) in [6.45, 7) is 4.33. The molecule has 0 aliphatic carbocycles. The minimum atomic E-state index is -1.88. The van der Waals surface area contributed by atoms with E-state index in [9.17, 15) is 0 Å². The van der Waals surface area contributed by atoms with Gasteiger partial charge in [-0.2, -0.15) is 11.1 Å². The van der Waals surface area contributed by atoms with Gasteiger partial charge in [-0.05, 0) is 24.2 Å². The van der Waals surface area contributed by atoms with E-state index in [4.69, 9.17) is 16.1 Å². The van der Waals surface area contributed by atoms with Crippen molar-refractivity contribution in [2.24, 2.45) is 0 Å². The van der Waals surface area contributed by atoms with Gasteiger partial charge in [0.25, 0.3) is 0 Å². The van der Waals surface area contributed by atoms with E-state index in [-0.39, 0.29) is 0 Å². The third kappa shape index (κ3) is 2.65. The van der Waals surface area contributed by atoms with E-state index in [1.807, 2.05) is 18.2 Å². The Morgan fingerprint density at radius 1 is 0.944 bits per heavy atom. The van der Waals surface area contributed by atoms with E-state index >= 15 is 0 Å². The average Bonchev–Trinajstić information content (AvgIpc) is 2.47. The second-order valence-electron chi connectivity index (χ2n) is 4.45. The molecule has 18 heavy (non-hydrogen) atoms. The van der Waals surface area contributed by atoms with E-state index in [1.165, 1.54) is 0 Å². The molecule has 0 saturated heterocycles. The summed E-state index contributed by atoms with van der Waals surface area (Å²) in [6.07, 6.45) is 0. The topological polar surface area (TPSA) is 12.9 Å². The van der Waals surface area contributed by atoms with E-state index in [0.29, 0.717) is 0 Å². The number of hydrogen-bond donors (Lipinski definition) is 0. The van der Waals surface area contributed by atoms with Gasteiger partial charge in [-0.3, -0.25) is 4.98 Å². The molecule has 1 aromatic heterocycles. The molecule has 0 atom stereocenters. The Bertz CT molecular complexity index is 509. The van der Waals surface area contributed by atoms with Crippen LogP contribution in [0.15, 0.2) is 48.5 Å². The van der Waals surface area contributed by atoms with Crippen LogP contribution in [-0.4, -0.2) is 12.4 Å². The van der Waals surface area contributed by atoms with Crippen LogP contribution in [0.1, 0.15) is 13.8 Å². The summed E-state index contributed by atoms with van der Waals surface area (Å²) in [7, 11) is -1.88. The molecule has 1 heterocycles. The van der Waals surface area contributed by atoms with Crippen molar-refractivity contribution >= 4 is 23.8 Å². The number of rotatable bonds is 4. The van der Waals surface area contributed by atoms with Crippen LogP contribution in [0, 0.1) is 0 Å². The van der Waals surface area contributed by atoms with Gasteiger partial charge in [-0.15, -0.1) is 0 Å². The molecule has 0 amide bonds. The molecule has 2 aromatic rings. The lowest BCUT2D eigenvalue weighted by Gasteiger charge is -2.20. The minimum absolute atomic E-state index is 1.02. The van der Waals surface area contributed by atoms with Gasteiger partial charge in [-0.1, -0.05) is 50.2 Å². The van der Waals surface area contributed by atoms with Crippen molar-refractivity contribution in [1.29, 1.82) is 0 Å². The molecule has 0 N–H and O–H groups in total. The monoisotopic (exact) mass is 275 g/mol. The van der Waals surface area contributed by atoms with Gasteiger partial charge in [0, 0.05) is 10.9 Å². The second-order valence-corrected chi connectivity index (χ2v) is 10.5. The smallest absolute Gasteiger partial charge is 0.207 e. The number of pyridine rings is 1.